The van der Waals surface area contributed by atoms with Gasteiger partial charge >= 0.3 is 0 Å². The summed E-state index contributed by atoms with van der Waals surface area (Å²) in [4.78, 5) is 29.0. The Morgan fingerprint density at radius 1 is 1.15 bits per heavy atom. The van der Waals surface area contributed by atoms with Crippen LogP contribution in [-0.2, 0) is 4.79 Å². The number of hydrogen-bond donors (Lipinski definition) is 2. The van der Waals surface area contributed by atoms with E-state index >= 15 is 0 Å². The molecule has 1 aliphatic carbocycles. The Labute approximate surface area is 161 Å². The van der Waals surface area contributed by atoms with Crippen molar-refractivity contribution in [3.63, 3.8) is 0 Å². The molecule has 0 fully saturated rings. The Morgan fingerprint density at radius 2 is 1.85 bits per heavy atom. The Hall–Kier alpha value is -2.97. The van der Waals surface area contributed by atoms with Crippen LogP contribution in [0.15, 0.2) is 58.3 Å². The maximum absolute atomic E-state index is 12.4. The number of H-pyrrole nitrogens is 1. The summed E-state index contributed by atoms with van der Waals surface area (Å²) in [6.07, 6.45) is 10.0. The number of rotatable bonds is 2. The van der Waals surface area contributed by atoms with E-state index in [0.29, 0.717) is 5.13 Å². The predicted molar refractivity (Wildman–Crippen MR) is 107 cm³/mol. The van der Waals surface area contributed by atoms with Crippen LogP contribution in [0.25, 0.3) is 16.8 Å². The summed E-state index contributed by atoms with van der Waals surface area (Å²) in [6, 6.07) is 7.76. The second-order valence-electron chi connectivity index (χ2n) is 5.78. The normalized spacial score (nSPS) is 14.5. The molecule has 4 rings (SSSR count). The number of hydrogen-bond acceptors (Lipinski definition) is 6. The highest BCUT2D eigenvalue weighted by Crippen LogP contribution is 2.15. The van der Waals surface area contributed by atoms with Gasteiger partial charge < -0.3 is 0 Å². The minimum atomic E-state index is -0.439. The van der Waals surface area contributed by atoms with E-state index in [2.05, 4.69) is 10.1 Å². The number of nitrogens with zero attached hydrogens (tertiary/aromatic N) is 2. The quantitative estimate of drug-likeness (QED) is 0.633. The van der Waals surface area contributed by atoms with Gasteiger partial charge in [0, 0.05) is 10.5 Å². The van der Waals surface area contributed by atoms with Crippen molar-refractivity contribution < 1.29 is 4.79 Å². The van der Waals surface area contributed by atoms with E-state index in [9.17, 15) is 9.59 Å². The molecular weight excluding hydrogens is 380 g/mol. The molecule has 0 unspecified atom stereocenters. The molecule has 2 aliphatic heterocycles. The van der Waals surface area contributed by atoms with Gasteiger partial charge in [0.2, 0.25) is 5.13 Å². The van der Waals surface area contributed by atoms with E-state index in [0.717, 1.165) is 20.7 Å². The van der Waals surface area contributed by atoms with Crippen molar-refractivity contribution in [2.75, 3.05) is 6.26 Å². The Morgan fingerprint density at radius 3 is 2.52 bits per heavy atom. The minimum absolute atomic E-state index is 0.0434. The largest absolute Gasteiger partial charge is 0.290 e. The molecule has 2 N–H and O–H groups in total. The first-order valence-electron chi connectivity index (χ1n) is 8.02. The molecule has 0 saturated heterocycles. The van der Waals surface area contributed by atoms with Gasteiger partial charge in [-0.05, 0) is 54.3 Å². The summed E-state index contributed by atoms with van der Waals surface area (Å²) < 4.78 is 2.20. The molecule has 1 aromatic carbocycles. The van der Waals surface area contributed by atoms with Crippen molar-refractivity contribution in [2.24, 2.45) is 0 Å². The van der Waals surface area contributed by atoms with E-state index in [4.69, 9.17) is 5.41 Å². The SMILES string of the molecule is CSc1ccc(C=c2c(=O)nc3sc(=C4C=CC(=O)C=C4)[nH]n-3c2=N)cc1. The van der Waals surface area contributed by atoms with Crippen molar-refractivity contribution in [1.29, 1.82) is 5.41 Å². The first kappa shape index (κ1) is 17.4. The predicted octanol–water partition coefficient (Wildman–Crippen LogP) is 0.936. The van der Waals surface area contributed by atoms with Crippen LogP contribution in [0.3, 0.4) is 0 Å². The zero-order valence-electron chi connectivity index (χ0n) is 14.2. The number of thioether (sulfide) groups is 1. The number of carbonyl (C=O) groups is 1. The molecule has 134 valence electrons. The highest BCUT2D eigenvalue weighted by Gasteiger charge is 2.12. The molecule has 0 radical (unpaired) electrons. The number of carbonyl (C=O) groups excluding carboxylic acids is 1. The third kappa shape index (κ3) is 3.36. The number of benzene rings is 1. The Kier molecular flexibility index (Phi) is 4.51. The average Bonchev–Trinajstić information content (AvgIpc) is 3.10. The summed E-state index contributed by atoms with van der Waals surface area (Å²) >= 11 is 2.90. The highest BCUT2D eigenvalue weighted by atomic mass is 32.2. The fourth-order valence-corrected chi connectivity index (χ4v) is 3.97. The second kappa shape index (κ2) is 6.98. The number of aromatic nitrogens is 3. The van der Waals surface area contributed by atoms with Gasteiger partial charge in [0.15, 0.2) is 11.3 Å². The number of fused-ring (bicyclic) bond motifs is 1. The molecule has 0 amide bonds. The molecular formula is C19H14N4O2S2. The fourth-order valence-electron chi connectivity index (χ4n) is 2.63. The van der Waals surface area contributed by atoms with Gasteiger partial charge in [-0.3, -0.25) is 20.1 Å². The van der Waals surface area contributed by atoms with Crippen LogP contribution >= 0.6 is 23.1 Å². The monoisotopic (exact) mass is 394 g/mol. The molecule has 3 aliphatic rings. The van der Waals surface area contributed by atoms with Gasteiger partial charge in [-0.1, -0.05) is 23.5 Å². The minimum Gasteiger partial charge on any atom is -0.290 e. The second-order valence-corrected chi connectivity index (χ2v) is 7.64. The Balaban J connectivity index is 1.92. The third-order valence-electron chi connectivity index (χ3n) is 4.05. The van der Waals surface area contributed by atoms with E-state index < -0.39 is 5.56 Å². The van der Waals surface area contributed by atoms with Gasteiger partial charge in [0.25, 0.3) is 5.56 Å². The molecule has 6 nitrogen and oxygen atoms in total. The molecule has 0 aromatic heterocycles. The number of allylic oxidation sites excluding steroid dienone is 4. The lowest BCUT2D eigenvalue weighted by atomic mass is 10.1. The van der Waals surface area contributed by atoms with Gasteiger partial charge in [-0.2, -0.15) is 4.98 Å². The number of aromatic amines is 1. The van der Waals surface area contributed by atoms with E-state index in [1.165, 1.54) is 28.2 Å². The van der Waals surface area contributed by atoms with Crippen LogP contribution in [0.2, 0.25) is 0 Å². The molecule has 0 spiro atoms. The molecule has 0 atom stereocenters. The summed E-state index contributed by atoms with van der Waals surface area (Å²) in [5.41, 5.74) is 1.24. The van der Waals surface area contributed by atoms with Crippen LogP contribution in [0, 0.1) is 5.41 Å². The summed E-state index contributed by atoms with van der Waals surface area (Å²) in [5, 5.41) is 12.1. The topological polar surface area (TPSA) is 91.6 Å². The van der Waals surface area contributed by atoms with Crippen LogP contribution in [0.4, 0.5) is 0 Å². The molecule has 27 heavy (non-hydrogen) atoms. The summed E-state index contributed by atoms with van der Waals surface area (Å²) in [6.45, 7) is 0. The van der Waals surface area contributed by atoms with Crippen molar-refractivity contribution in [3.8, 4) is 5.13 Å². The number of ketones is 1. The van der Waals surface area contributed by atoms with Crippen molar-refractivity contribution >= 4 is 40.5 Å². The van der Waals surface area contributed by atoms with Gasteiger partial charge in [-0.25, -0.2) is 4.68 Å². The van der Waals surface area contributed by atoms with Crippen molar-refractivity contribution in [1.82, 2.24) is 14.8 Å². The van der Waals surface area contributed by atoms with E-state index in [-0.39, 0.29) is 16.5 Å². The van der Waals surface area contributed by atoms with Crippen LogP contribution in [0.5, 0.6) is 0 Å². The maximum Gasteiger partial charge on any atom is 0.283 e. The lowest BCUT2D eigenvalue weighted by molar-refractivity contribution is -0.110. The first-order valence-corrected chi connectivity index (χ1v) is 10.1. The number of nitrogens with one attached hydrogen (secondary N) is 2. The summed E-state index contributed by atoms with van der Waals surface area (Å²) in [5.74, 6) is -0.0713. The summed E-state index contributed by atoms with van der Waals surface area (Å²) in [7, 11) is 0. The van der Waals surface area contributed by atoms with Crippen LogP contribution < -0.4 is 20.9 Å². The zero-order chi connectivity index (χ0) is 19.0. The highest BCUT2D eigenvalue weighted by molar-refractivity contribution is 7.98. The van der Waals surface area contributed by atoms with E-state index in [1.807, 2.05) is 30.5 Å². The zero-order valence-corrected chi connectivity index (χ0v) is 15.9. The van der Waals surface area contributed by atoms with E-state index in [1.54, 1.807) is 30.0 Å². The smallest absolute Gasteiger partial charge is 0.283 e. The third-order valence-corrected chi connectivity index (χ3v) is 5.78. The van der Waals surface area contributed by atoms with Crippen molar-refractivity contribution in [3.05, 3.63) is 79.9 Å². The lowest BCUT2D eigenvalue weighted by Crippen LogP contribution is -2.47. The molecule has 0 bridgehead atoms. The lowest BCUT2D eigenvalue weighted by Gasteiger charge is -2.00. The van der Waals surface area contributed by atoms with Crippen LogP contribution in [0.1, 0.15) is 5.56 Å². The molecule has 8 heteroatoms. The first-order chi connectivity index (χ1) is 13.0. The van der Waals surface area contributed by atoms with Gasteiger partial charge in [0.1, 0.15) is 4.66 Å². The fraction of sp³-hybridized carbons (Fsp3) is 0.0526. The van der Waals surface area contributed by atoms with Gasteiger partial charge in [-0.15, -0.1) is 11.8 Å². The van der Waals surface area contributed by atoms with Crippen molar-refractivity contribution in [2.45, 2.75) is 4.90 Å². The van der Waals surface area contributed by atoms with Gasteiger partial charge in [0.05, 0.1) is 5.22 Å². The Bertz CT molecular complexity index is 1290. The molecule has 2 heterocycles. The molecule has 1 aromatic rings. The van der Waals surface area contributed by atoms with Crippen LogP contribution in [-0.4, -0.2) is 26.8 Å². The maximum atomic E-state index is 12.4. The standard InChI is InChI=1S/C19H14N4O2S2/c1-26-14-8-2-11(3-9-14)10-15-16(20)23-19(21-17(15)25)27-18(22-23)12-4-6-13(24)7-5-12/h2-10,20,22H,1H3. The molecule has 0 saturated carbocycles. The average molecular weight is 394 g/mol.